The summed E-state index contributed by atoms with van der Waals surface area (Å²) < 4.78 is 0. The van der Waals surface area contributed by atoms with E-state index in [2.05, 4.69) is 41.1 Å². The summed E-state index contributed by atoms with van der Waals surface area (Å²) >= 11 is 6.02. The number of rotatable bonds is 5. The number of carbonyl (C=O) groups excluding carboxylic acids is 1. The lowest BCUT2D eigenvalue weighted by atomic mass is 9.95. The number of carbonyl (C=O) groups is 1. The molecule has 2 atom stereocenters. The summed E-state index contributed by atoms with van der Waals surface area (Å²) in [6, 6.07) is 19.3. The van der Waals surface area contributed by atoms with Crippen molar-refractivity contribution in [2.24, 2.45) is 0 Å². The molecule has 2 bridgehead atoms. The van der Waals surface area contributed by atoms with Crippen molar-refractivity contribution in [2.45, 2.75) is 50.2 Å². The molecule has 1 amide bonds. The number of fused-ring (bicyclic) bond motifs is 2. The van der Waals surface area contributed by atoms with Crippen LogP contribution in [0.25, 0.3) is 0 Å². The maximum Gasteiger partial charge on any atom is 0.254 e. The van der Waals surface area contributed by atoms with Gasteiger partial charge in [-0.1, -0.05) is 41.9 Å². The Morgan fingerprint density at radius 2 is 1.64 bits per heavy atom. The summed E-state index contributed by atoms with van der Waals surface area (Å²) in [6.07, 6.45) is 5.59. The van der Waals surface area contributed by atoms with E-state index in [4.69, 9.17) is 11.6 Å². The molecule has 0 aromatic heterocycles. The van der Waals surface area contributed by atoms with Gasteiger partial charge in [0.25, 0.3) is 5.91 Å². The van der Waals surface area contributed by atoms with Gasteiger partial charge in [-0.15, -0.1) is 0 Å². The molecule has 0 saturated carbocycles. The molecule has 2 aromatic rings. The first-order valence-electron chi connectivity index (χ1n) is 9.94. The van der Waals surface area contributed by atoms with Crippen molar-refractivity contribution in [3.05, 3.63) is 70.7 Å². The standard InChI is InChI=1S/C23H27ClN2O.ClH/c1-25-20-11-12-21(25)16-22(15-20)26(14-13-17-5-3-2-4-6-17)23(27)18-7-9-19(24)10-8-18;/h2-10,20-22H,11-16H2,1H3;1H/p-1. The highest BCUT2D eigenvalue weighted by atomic mass is 35.5. The van der Waals surface area contributed by atoms with Gasteiger partial charge >= 0.3 is 0 Å². The zero-order chi connectivity index (χ0) is 18.8. The molecular weight excluding hydrogens is 391 g/mol. The van der Waals surface area contributed by atoms with Crippen molar-refractivity contribution in [3.63, 3.8) is 0 Å². The zero-order valence-corrected chi connectivity index (χ0v) is 17.7. The van der Waals surface area contributed by atoms with E-state index in [-0.39, 0.29) is 18.3 Å². The van der Waals surface area contributed by atoms with Crippen LogP contribution in [0.5, 0.6) is 0 Å². The molecule has 2 aromatic carbocycles. The molecule has 2 aliphatic rings. The van der Waals surface area contributed by atoms with E-state index in [0.29, 0.717) is 23.1 Å². The number of benzene rings is 2. The number of halogens is 2. The summed E-state index contributed by atoms with van der Waals surface area (Å²) in [7, 11) is 2.24. The molecule has 5 heteroatoms. The maximum absolute atomic E-state index is 13.4. The minimum absolute atomic E-state index is 0. The highest BCUT2D eigenvalue weighted by Crippen LogP contribution is 2.36. The minimum Gasteiger partial charge on any atom is -1.00 e. The molecule has 0 spiro atoms. The van der Waals surface area contributed by atoms with E-state index in [1.165, 1.54) is 18.4 Å². The van der Waals surface area contributed by atoms with E-state index in [1.54, 1.807) is 0 Å². The fourth-order valence-corrected chi connectivity index (χ4v) is 4.87. The summed E-state index contributed by atoms with van der Waals surface area (Å²) in [4.78, 5) is 18.0. The van der Waals surface area contributed by atoms with Crippen molar-refractivity contribution < 1.29 is 17.2 Å². The third-order valence-corrected chi connectivity index (χ3v) is 6.60. The fourth-order valence-electron chi connectivity index (χ4n) is 4.74. The number of amides is 1. The lowest BCUT2D eigenvalue weighted by Crippen LogP contribution is -3.00. The average Bonchev–Trinajstić information content (AvgIpc) is 2.90. The van der Waals surface area contributed by atoms with Crippen LogP contribution in [0, 0.1) is 0 Å². The molecule has 28 heavy (non-hydrogen) atoms. The van der Waals surface area contributed by atoms with Crippen LogP contribution in [0.2, 0.25) is 5.02 Å². The second-order valence-electron chi connectivity index (χ2n) is 7.92. The van der Waals surface area contributed by atoms with E-state index in [1.807, 2.05) is 30.3 Å². The highest BCUT2D eigenvalue weighted by Gasteiger charge is 2.41. The maximum atomic E-state index is 13.4. The number of piperidine rings is 1. The topological polar surface area (TPSA) is 23.6 Å². The van der Waals surface area contributed by atoms with Gasteiger partial charge in [-0.2, -0.15) is 0 Å². The third kappa shape index (κ3) is 4.53. The lowest BCUT2D eigenvalue weighted by molar-refractivity contribution is -0.0000204. The lowest BCUT2D eigenvalue weighted by Gasteiger charge is -2.42. The van der Waals surface area contributed by atoms with Gasteiger partial charge in [-0.05, 0) is 69.0 Å². The molecule has 2 fully saturated rings. The third-order valence-electron chi connectivity index (χ3n) is 6.35. The second-order valence-corrected chi connectivity index (χ2v) is 8.35. The van der Waals surface area contributed by atoms with E-state index in [0.717, 1.165) is 31.4 Å². The van der Waals surface area contributed by atoms with Gasteiger partial charge in [0, 0.05) is 35.3 Å². The zero-order valence-electron chi connectivity index (χ0n) is 16.2. The smallest absolute Gasteiger partial charge is 0.254 e. The predicted octanol–water partition coefficient (Wildman–Crippen LogP) is 1.65. The first-order valence-corrected chi connectivity index (χ1v) is 10.3. The van der Waals surface area contributed by atoms with Crippen LogP contribution in [-0.4, -0.2) is 47.4 Å². The predicted molar refractivity (Wildman–Crippen MR) is 110 cm³/mol. The van der Waals surface area contributed by atoms with Crippen LogP contribution < -0.4 is 12.4 Å². The van der Waals surface area contributed by atoms with E-state index < -0.39 is 0 Å². The monoisotopic (exact) mass is 417 g/mol. The Kier molecular flexibility index (Phi) is 7.03. The van der Waals surface area contributed by atoms with Crippen LogP contribution in [0.4, 0.5) is 0 Å². The van der Waals surface area contributed by atoms with Crippen molar-refractivity contribution in [3.8, 4) is 0 Å². The molecular formula is C23H27Cl2N2O-. The van der Waals surface area contributed by atoms with Gasteiger partial charge in [0.2, 0.25) is 0 Å². The van der Waals surface area contributed by atoms with Gasteiger partial charge in [0.1, 0.15) is 0 Å². The summed E-state index contributed by atoms with van der Waals surface area (Å²) in [5.74, 6) is 0.136. The summed E-state index contributed by atoms with van der Waals surface area (Å²) in [6.45, 7) is 0.763. The van der Waals surface area contributed by atoms with Gasteiger partial charge in [0.15, 0.2) is 0 Å². The molecule has 2 aliphatic heterocycles. The first kappa shape index (κ1) is 21.2. The van der Waals surface area contributed by atoms with Gasteiger partial charge < -0.3 is 22.2 Å². The number of hydrogen-bond acceptors (Lipinski definition) is 2. The van der Waals surface area contributed by atoms with Crippen molar-refractivity contribution in [1.29, 1.82) is 0 Å². The molecule has 150 valence electrons. The van der Waals surface area contributed by atoms with E-state index >= 15 is 0 Å². The van der Waals surface area contributed by atoms with E-state index in [9.17, 15) is 4.79 Å². The van der Waals surface area contributed by atoms with Crippen LogP contribution in [-0.2, 0) is 6.42 Å². The second kappa shape index (κ2) is 9.30. The fraction of sp³-hybridized carbons (Fsp3) is 0.435. The largest absolute Gasteiger partial charge is 1.00 e. The van der Waals surface area contributed by atoms with Crippen LogP contribution in [0.15, 0.2) is 54.6 Å². The Balaban J connectivity index is 0.00000225. The number of hydrogen-bond donors (Lipinski definition) is 0. The molecule has 2 saturated heterocycles. The molecule has 0 N–H and O–H groups in total. The normalized spacial score (nSPS) is 23.9. The Bertz CT molecular complexity index is 767. The molecule has 0 aliphatic carbocycles. The summed E-state index contributed by atoms with van der Waals surface area (Å²) in [5.41, 5.74) is 2.01. The van der Waals surface area contributed by atoms with Crippen LogP contribution >= 0.6 is 11.6 Å². The molecule has 2 heterocycles. The van der Waals surface area contributed by atoms with Crippen molar-refractivity contribution in [1.82, 2.24) is 9.80 Å². The van der Waals surface area contributed by atoms with Crippen molar-refractivity contribution in [2.75, 3.05) is 13.6 Å². The quantitative estimate of drug-likeness (QED) is 0.738. The van der Waals surface area contributed by atoms with Crippen LogP contribution in [0.3, 0.4) is 0 Å². The van der Waals surface area contributed by atoms with Gasteiger partial charge in [-0.25, -0.2) is 0 Å². The average molecular weight is 418 g/mol. The Morgan fingerprint density at radius 1 is 1.04 bits per heavy atom. The Labute approximate surface area is 179 Å². The number of nitrogens with zero attached hydrogens (tertiary/aromatic N) is 2. The highest BCUT2D eigenvalue weighted by molar-refractivity contribution is 6.30. The Hall–Kier alpha value is -1.55. The van der Waals surface area contributed by atoms with Crippen molar-refractivity contribution >= 4 is 17.5 Å². The minimum atomic E-state index is 0. The Morgan fingerprint density at radius 3 is 2.25 bits per heavy atom. The SMILES string of the molecule is CN1C2CCC1CC(N(CCc1ccccc1)C(=O)c1ccc(Cl)cc1)C2.[Cl-]. The molecule has 4 rings (SSSR count). The molecule has 0 radical (unpaired) electrons. The molecule has 3 nitrogen and oxygen atoms in total. The van der Waals surface area contributed by atoms with Gasteiger partial charge in [-0.3, -0.25) is 4.79 Å². The molecule has 2 unspecified atom stereocenters. The first-order chi connectivity index (χ1) is 13.1. The van der Waals surface area contributed by atoms with Crippen LogP contribution in [0.1, 0.15) is 41.6 Å². The van der Waals surface area contributed by atoms with Gasteiger partial charge in [0.05, 0.1) is 0 Å². The summed E-state index contributed by atoms with van der Waals surface area (Å²) in [5, 5.41) is 0.666.